The average Bonchev–Trinajstić information content (AvgIpc) is 2.41. The minimum absolute atomic E-state index is 0.265. The topological polar surface area (TPSA) is 19.9 Å². The summed E-state index contributed by atoms with van der Waals surface area (Å²) in [5.74, 6) is 0. The zero-order valence-electron chi connectivity index (χ0n) is 13.0. The van der Waals surface area contributed by atoms with Crippen LogP contribution in [0.2, 0.25) is 0 Å². The van der Waals surface area contributed by atoms with Crippen molar-refractivity contribution in [1.82, 2.24) is 0 Å². The summed E-state index contributed by atoms with van der Waals surface area (Å²) in [6, 6.07) is 0. The molecule has 0 bridgehead atoms. The van der Waals surface area contributed by atoms with Gasteiger partial charge in [-0.1, -0.05) is 96.3 Å². The van der Waals surface area contributed by atoms with Gasteiger partial charge in [0.1, 0.15) is 0 Å². The molecule has 1 nitrogen and oxygen atoms in total. The lowest BCUT2D eigenvalue weighted by atomic mass is 10.00. The third-order valence-corrected chi connectivity index (χ3v) is 4.55. The lowest BCUT2D eigenvalue weighted by Crippen LogP contribution is -2.04. The molecule has 1 radical (unpaired) electrons. The Hall–Kier alpha value is -0.0400. The molecular formula is C18H35O. The van der Waals surface area contributed by atoms with E-state index in [1.165, 1.54) is 96.3 Å². The van der Waals surface area contributed by atoms with E-state index in [2.05, 4.69) is 0 Å². The van der Waals surface area contributed by atoms with Gasteiger partial charge >= 0.3 is 0 Å². The first-order valence-electron chi connectivity index (χ1n) is 9.05. The summed E-state index contributed by atoms with van der Waals surface area (Å²) in [6.07, 6.45) is 22.1. The molecule has 113 valence electrons. The van der Waals surface area contributed by atoms with Crippen LogP contribution < -0.4 is 0 Å². The summed E-state index contributed by atoms with van der Waals surface area (Å²) in [6.45, 7) is 0. The van der Waals surface area contributed by atoms with Crippen molar-refractivity contribution in [1.29, 1.82) is 0 Å². The minimum Gasteiger partial charge on any atom is -0.233 e. The fourth-order valence-electron chi connectivity index (χ4n) is 3.19. The van der Waals surface area contributed by atoms with Crippen molar-refractivity contribution in [3.05, 3.63) is 0 Å². The van der Waals surface area contributed by atoms with Crippen molar-refractivity contribution < 1.29 is 5.11 Å². The van der Waals surface area contributed by atoms with E-state index in [9.17, 15) is 5.11 Å². The van der Waals surface area contributed by atoms with Crippen LogP contribution >= 0.6 is 0 Å². The molecule has 1 aliphatic carbocycles. The van der Waals surface area contributed by atoms with Gasteiger partial charge in [0, 0.05) is 0 Å². The standard InChI is InChI=1S/C18H35O/c19-18-16-14-12-10-8-6-4-2-1-3-5-7-9-11-13-15-17-18/h18H,1-17H2. The van der Waals surface area contributed by atoms with Gasteiger partial charge in [-0.15, -0.1) is 0 Å². The fraction of sp³-hybridized carbons (Fsp3) is 1.00. The molecule has 0 aromatic rings. The summed E-state index contributed by atoms with van der Waals surface area (Å²) >= 11 is 0. The van der Waals surface area contributed by atoms with Gasteiger partial charge in [0.2, 0.25) is 0 Å². The van der Waals surface area contributed by atoms with Crippen LogP contribution in [0.4, 0.5) is 0 Å². The zero-order valence-corrected chi connectivity index (χ0v) is 13.0. The van der Waals surface area contributed by atoms with E-state index in [0.717, 1.165) is 12.8 Å². The average molecular weight is 267 g/mol. The van der Waals surface area contributed by atoms with Gasteiger partial charge in [0.15, 0.2) is 0 Å². The Kier molecular flexibility index (Phi) is 11.6. The van der Waals surface area contributed by atoms with Crippen LogP contribution in [0, 0.1) is 0 Å². The SMILES string of the molecule is [O]C1CCCCCCCCCCCCCCCCC1. The summed E-state index contributed by atoms with van der Waals surface area (Å²) in [5, 5.41) is 11.8. The molecule has 0 atom stereocenters. The Morgan fingerprint density at radius 2 is 0.579 bits per heavy atom. The van der Waals surface area contributed by atoms with E-state index in [0.29, 0.717) is 0 Å². The van der Waals surface area contributed by atoms with Crippen LogP contribution in [0.25, 0.3) is 0 Å². The van der Waals surface area contributed by atoms with Crippen molar-refractivity contribution in [2.75, 3.05) is 0 Å². The highest BCUT2D eigenvalue weighted by atomic mass is 16.3. The predicted molar refractivity (Wildman–Crippen MR) is 83.0 cm³/mol. The molecule has 0 aromatic heterocycles. The number of hydrogen-bond acceptors (Lipinski definition) is 0. The second-order valence-corrected chi connectivity index (χ2v) is 6.50. The summed E-state index contributed by atoms with van der Waals surface area (Å²) in [5.41, 5.74) is 0. The maximum Gasteiger partial charge on any atom is 0.0930 e. The molecule has 0 N–H and O–H groups in total. The van der Waals surface area contributed by atoms with Gasteiger partial charge in [-0.05, 0) is 12.8 Å². The fourth-order valence-corrected chi connectivity index (χ4v) is 3.19. The van der Waals surface area contributed by atoms with Crippen molar-refractivity contribution in [2.45, 2.75) is 115 Å². The predicted octanol–water partition coefficient (Wildman–Crippen LogP) is 6.43. The van der Waals surface area contributed by atoms with E-state index < -0.39 is 0 Å². The Bertz CT molecular complexity index is 161. The summed E-state index contributed by atoms with van der Waals surface area (Å²) in [4.78, 5) is 0. The highest BCUT2D eigenvalue weighted by Gasteiger charge is 2.05. The molecule has 0 spiro atoms. The van der Waals surface area contributed by atoms with Crippen LogP contribution in [0.1, 0.15) is 109 Å². The lowest BCUT2D eigenvalue weighted by Gasteiger charge is -2.09. The Morgan fingerprint density at radius 3 is 0.842 bits per heavy atom. The van der Waals surface area contributed by atoms with Crippen molar-refractivity contribution in [3.8, 4) is 0 Å². The third-order valence-electron chi connectivity index (χ3n) is 4.55. The van der Waals surface area contributed by atoms with Crippen molar-refractivity contribution >= 4 is 0 Å². The van der Waals surface area contributed by atoms with E-state index in [1.54, 1.807) is 0 Å². The smallest absolute Gasteiger partial charge is 0.0930 e. The van der Waals surface area contributed by atoms with Crippen LogP contribution in [0.5, 0.6) is 0 Å². The van der Waals surface area contributed by atoms with Crippen LogP contribution in [0.3, 0.4) is 0 Å². The number of rotatable bonds is 0. The van der Waals surface area contributed by atoms with Gasteiger partial charge < -0.3 is 0 Å². The summed E-state index contributed by atoms with van der Waals surface area (Å²) < 4.78 is 0. The maximum absolute atomic E-state index is 11.8. The molecular weight excluding hydrogens is 232 g/mol. The van der Waals surface area contributed by atoms with Crippen LogP contribution in [-0.2, 0) is 5.11 Å². The van der Waals surface area contributed by atoms with E-state index in [-0.39, 0.29) is 6.10 Å². The van der Waals surface area contributed by atoms with Crippen molar-refractivity contribution in [3.63, 3.8) is 0 Å². The minimum atomic E-state index is -0.265. The highest BCUT2D eigenvalue weighted by Crippen LogP contribution is 2.17. The molecule has 1 saturated carbocycles. The number of hydrogen-bond donors (Lipinski definition) is 0. The maximum atomic E-state index is 11.8. The first-order valence-corrected chi connectivity index (χ1v) is 9.05. The van der Waals surface area contributed by atoms with Crippen LogP contribution in [-0.4, -0.2) is 6.10 Å². The molecule has 1 heteroatoms. The Morgan fingerprint density at radius 1 is 0.368 bits per heavy atom. The van der Waals surface area contributed by atoms with Gasteiger partial charge in [0.25, 0.3) is 0 Å². The zero-order chi connectivity index (χ0) is 13.6. The molecule has 0 unspecified atom stereocenters. The molecule has 1 rings (SSSR count). The Labute approximate surface area is 121 Å². The largest absolute Gasteiger partial charge is 0.233 e. The van der Waals surface area contributed by atoms with E-state index >= 15 is 0 Å². The molecule has 1 aliphatic rings. The molecule has 0 amide bonds. The molecule has 0 aliphatic heterocycles. The monoisotopic (exact) mass is 267 g/mol. The summed E-state index contributed by atoms with van der Waals surface area (Å²) in [7, 11) is 0. The van der Waals surface area contributed by atoms with Gasteiger partial charge in [0.05, 0.1) is 6.10 Å². The van der Waals surface area contributed by atoms with Gasteiger partial charge in [-0.2, -0.15) is 0 Å². The molecule has 0 saturated heterocycles. The molecule has 1 fully saturated rings. The molecule has 0 heterocycles. The normalized spacial score (nSPS) is 24.5. The molecule has 0 aromatic carbocycles. The third kappa shape index (κ3) is 11.5. The molecule has 19 heavy (non-hydrogen) atoms. The second-order valence-electron chi connectivity index (χ2n) is 6.50. The Balaban J connectivity index is 2.08. The lowest BCUT2D eigenvalue weighted by molar-refractivity contribution is 0.0688. The van der Waals surface area contributed by atoms with E-state index in [4.69, 9.17) is 0 Å². The van der Waals surface area contributed by atoms with Gasteiger partial charge in [-0.25, -0.2) is 5.11 Å². The van der Waals surface area contributed by atoms with Gasteiger partial charge in [-0.3, -0.25) is 0 Å². The first kappa shape index (κ1) is 17.0. The van der Waals surface area contributed by atoms with Crippen molar-refractivity contribution in [2.24, 2.45) is 0 Å². The van der Waals surface area contributed by atoms with E-state index in [1.807, 2.05) is 0 Å². The first-order chi connectivity index (χ1) is 9.39. The second kappa shape index (κ2) is 13.0. The highest BCUT2D eigenvalue weighted by molar-refractivity contribution is 4.58. The quantitative estimate of drug-likeness (QED) is 0.482. The van der Waals surface area contributed by atoms with Crippen LogP contribution in [0.15, 0.2) is 0 Å².